The number of fused-ring (bicyclic) bond motifs is 3. The van der Waals surface area contributed by atoms with Gasteiger partial charge in [0.15, 0.2) is 5.16 Å². The third kappa shape index (κ3) is 4.22. The van der Waals surface area contributed by atoms with Crippen LogP contribution in [0, 0.1) is 13.8 Å². The number of carbonyl (C=O) groups is 1. The highest BCUT2D eigenvalue weighted by atomic mass is 32.2. The molecule has 0 bridgehead atoms. The second-order valence-corrected chi connectivity index (χ2v) is 9.87. The Labute approximate surface area is 211 Å². The second kappa shape index (κ2) is 9.50. The van der Waals surface area contributed by atoms with E-state index < -0.39 is 5.25 Å². The molecule has 3 aromatic carbocycles. The number of benzene rings is 3. The van der Waals surface area contributed by atoms with Crippen molar-refractivity contribution < 1.29 is 9.53 Å². The van der Waals surface area contributed by atoms with Gasteiger partial charge in [-0.2, -0.15) is 0 Å². The second-order valence-electron chi connectivity index (χ2n) is 8.57. The van der Waals surface area contributed by atoms with Gasteiger partial charge in [-0.25, -0.2) is 4.57 Å². The number of nitrogens with one attached hydrogen (secondary N) is 1. The SMILES string of the molecule is COc1ccc(C)cc1-n1c(=O)c2ccccc2n2c(SC(C)C(=O)Nc3ccc(C)cc3)nnc12. The molecule has 1 atom stereocenters. The Morgan fingerprint density at radius 1 is 1.00 bits per heavy atom. The van der Waals surface area contributed by atoms with Crippen molar-refractivity contribution in [2.45, 2.75) is 31.2 Å². The molecule has 0 aliphatic heterocycles. The molecule has 0 aliphatic carbocycles. The average molecular weight is 500 g/mol. The summed E-state index contributed by atoms with van der Waals surface area (Å²) in [5.74, 6) is 0.734. The fraction of sp³-hybridized carbons (Fsp3) is 0.185. The zero-order chi connectivity index (χ0) is 25.4. The van der Waals surface area contributed by atoms with E-state index in [2.05, 4.69) is 15.5 Å². The number of amides is 1. The lowest BCUT2D eigenvalue weighted by Crippen LogP contribution is -2.24. The molecule has 5 rings (SSSR count). The van der Waals surface area contributed by atoms with Gasteiger partial charge in [-0.3, -0.25) is 14.0 Å². The lowest BCUT2D eigenvalue weighted by molar-refractivity contribution is -0.115. The van der Waals surface area contributed by atoms with Crippen molar-refractivity contribution in [2.24, 2.45) is 0 Å². The van der Waals surface area contributed by atoms with Crippen molar-refractivity contribution in [3.05, 3.63) is 88.2 Å². The molecule has 1 N–H and O–H groups in total. The number of ether oxygens (including phenoxy) is 1. The van der Waals surface area contributed by atoms with Gasteiger partial charge in [0.1, 0.15) is 5.75 Å². The molecule has 5 aromatic rings. The van der Waals surface area contributed by atoms with Crippen LogP contribution in [0.1, 0.15) is 18.1 Å². The van der Waals surface area contributed by atoms with Gasteiger partial charge in [-0.05, 0) is 62.7 Å². The Kier molecular flexibility index (Phi) is 6.24. The highest BCUT2D eigenvalue weighted by Crippen LogP contribution is 2.29. The van der Waals surface area contributed by atoms with Gasteiger partial charge in [0.05, 0.1) is 29.0 Å². The Hall–Kier alpha value is -4.11. The maximum absolute atomic E-state index is 13.6. The number of hydrogen-bond acceptors (Lipinski definition) is 6. The molecule has 0 fully saturated rings. The molecule has 2 aromatic heterocycles. The molecule has 0 aliphatic rings. The first-order valence-electron chi connectivity index (χ1n) is 11.5. The summed E-state index contributed by atoms with van der Waals surface area (Å²) in [7, 11) is 1.57. The fourth-order valence-corrected chi connectivity index (χ4v) is 4.89. The fourth-order valence-electron chi connectivity index (χ4n) is 4.04. The van der Waals surface area contributed by atoms with Crippen LogP contribution < -0.4 is 15.6 Å². The van der Waals surface area contributed by atoms with Gasteiger partial charge < -0.3 is 10.1 Å². The summed E-state index contributed by atoms with van der Waals surface area (Å²) < 4.78 is 8.90. The van der Waals surface area contributed by atoms with Crippen molar-refractivity contribution >= 4 is 40.0 Å². The summed E-state index contributed by atoms with van der Waals surface area (Å²) in [4.78, 5) is 26.6. The summed E-state index contributed by atoms with van der Waals surface area (Å²) in [6.07, 6.45) is 0. The van der Waals surface area contributed by atoms with E-state index in [4.69, 9.17) is 4.74 Å². The van der Waals surface area contributed by atoms with Gasteiger partial charge in [0.2, 0.25) is 11.7 Å². The standard InChI is InChI=1S/C27H25N5O3S/c1-16-9-12-19(13-10-16)28-24(33)18(3)36-27-30-29-26-31(22-15-17(2)11-14-23(22)35-4)25(34)20-7-5-6-8-21(20)32(26)27/h5-15,18H,1-4H3,(H,28,33). The van der Waals surface area contributed by atoms with E-state index in [1.165, 1.54) is 16.3 Å². The summed E-state index contributed by atoms with van der Waals surface area (Å²) in [6.45, 7) is 5.76. The van der Waals surface area contributed by atoms with E-state index in [-0.39, 0.29) is 11.5 Å². The van der Waals surface area contributed by atoms with Gasteiger partial charge in [-0.1, -0.05) is 47.7 Å². The van der Waals surface area contributed by atoms with Crippen LogP contribution in [0.4, 0.5) is 5.69 Å². The largest absolute Gasteiger partial charge is 0.495 e. The summed E-state index contributed by atoms with van der Waals surface area (Å²) in [6, 6.07) is 20.6. The van der Waals surface area contributed by atoms with Crippen LogP contribution in [0.5, 0.6) is 5.75 Å². The predicted molar refractivity (Wildman–Crippen MR) is 143 cm³/mol. The van der Waals surface area contributed by atoms with Crippen LogP contribution >= 0.6 is 11.8 Å². The van der Waals surface area contributed by atoms with Crippen molar-refractivity contribution in [1.82, 2.24) is 19.2 Å². The molecule has 0 saturated carbocycles. The highest BCUT2D eigenvalue weighted by molar-refractivity contribution is 8.00. The third-order valence-corrected chi connectivity index (χ3v) is 6.98. The minimum atomic E-state index is -0.466. The zero-order valence-corrected chi connectivity index (χ0v) is 21.2. The minimum Gasteiger partial charge on any atom is -0.495 e. The first-order valence-corrected chi connectivity index (χ1v) is 12.3. The van der Waals surface area contributed by atoms with Crippen molar-refractivity contribution in [2.75, 3.05) is 12.4 Å². The predicted octanol–water partition coefficient (Wildman–Crippen LogP) is 4.78. The van der Waals surface area contributed by atoms with Crippen LogP contribution in [0.25, 0.3) is 22.4 Å². The average Bonchev–Trinajstić information content (AvgIpc) is 3.29. The molecule has 1 unspecified atom stereocenters. The molecule has 1 amide bonds. The maximum Gasteiger partial charge on any atom is 0.267 e. The number of thioether (sulfide) groups is 1. The molecule has 2 heterocycles. The van der Waals surface area contributed by atoms with Crippen LogP contribution in [0.2, 0.25) is 0 Å². The van der Waals surface area contributed by atoms with Crippen LogP contribution in [-0.2, 0) is 4.79 Å². The number of methoxy groups -OCH3 is 1. The summed E-state index contributed by atoms with van der Waals surface area (Å²) in [5, 5.41) is 12.3. The molecule has 182 valence electrons. The number of aromatic nitrogens is 4. The maximum atomic E-state index is 13.6. The number of rotatable bonds is 6. The number of carbonyl (C=O) groups excluding carboxylic acids is 1. The molecular formula is C27H25N5O3S. The van der Waals surface area contributed by atoms with E-state index in [1.807, 2.05) is 85.8 Å². The number of nitrogens with zero attached hydrogens (tertiary/aromatic N) is 4. The number of aryl methyl sites for hydroxylation is 2. The molecule has 0 saturated heterocycles. The van der Waals surface area contributed by atoms with Crippen molar-refractivity contribution in [3.63, 3.8) is 0 Å². The Balaban J connectivity index is 1.62. The third-order valence-electron chi connectivity index (χ3n) is 5.94. The molecular weight excluding hydrogens is 474 g/mol. The quantitative estimate of drug-likeness (QED) is 0.338. The van der Waals surface area contributed by atoms with Gasteiger partial charge in [-0.15, -0.1) is 10.2 Å². The first-order chi connectivity index (χ1) is 17.4. The van der Waals surface area contributed by atoms with E-state index >= 15 is 0 Å². The lowest BCUT2D eigenvalue weighted by Gasteiger charge is -2.15. The van der Waals surface area contributed by atoms with Crippen molar-refractivity contribution in [3.8, 4) is 11.4 Å². The smallest absolute Gasteiger partial charge is 0.267 e. The van der Waals surface area contributed by atoms with Crippen LogP contribution in [0.15, 0.2) is 76.7 Å². The topological polar surface area (TPSA) is 90.5 Å². The Morgan fingerprint density at radius 3 is 2.47 bits per heavy atom. The van der Waals surface area contributed by atoms with Crippen LogP contribution in [-0.4, -0.2) is 37.4 Å². The van der Waals surface area contributed by atoms with E-state index in [9.17, 15) is 9.59 Å². The van der Waals surface area contributed by atoms with Gasteiger partial charge >= 0.3 is 0 Å². The zero-order valence-electron chi connectivity index (χ0n) is 20.4. The summed E-state index contributed by atoms with van der Waals surface area (Å²) in [5.41, 5.74) is 3.84. The molecule has 9 heteroatoms. The highest BCUT2D eigenvalue weighted by Gasteiger charge is 2.23. The van der Waals surface area contributed by atoms with E-state index in [1.54, 1.807) is 13.2 Å². The Bertz CT molecular complexity index is 1660. The minimum absolute atomic E-state index is 0.154. The van der Waals surface area contributed by atoms with Crippen molar-refractivity contribution in [1.29, 1.82) is 0 Å². The lowest BCUT2D eigenvalue weighted by atomic mass is 10.2. The first kappa shape index (κ1) is 23.6. The monoisotopic (exact) mass is 499 g/mol. The Morgan fingerprint density at radius 2 is 1.72 bits per heavy atom. The molecule has 0 radical (unpaired) electrons. The number of hydrogen-bond donors (Lipinski definition) is 1. The van der Waals surface area contributed by atoms with E-state index in [0.717, 1.165) is 16.8 Å². The van der Waals surface area contributed by atoms with Crippen LogP contribution in [0.3, 0.4) is 0 Å². The summed E-state index contributed by atoms with van der Waals surface area (Å²) >= 11 is 1.28. The van der Waals surface area contributed by atoms with Gasteiger partial charge in [0.25, 0.3) is 5.56 Å². The molecule has 8 nitrogen and oxygen atoms in total. The van der Waals surface area contributed by atoms with Gasteiger partial charge in [0, 0.05) is 5.69 Å². The number of para-hydroxylation sites is 1. The van der Waals surface area contributed by atoms with E-state index in [0.29, 0.717) is 33.3 Å². The molecule has 36 heavy (non-hydrogen) atoms. The molecule has 0 spiro atoms. The normalized spacial score (nSPS) is 12.1. The number of anilines is 1.